The van der Waals surface area contributed by atoms with E-state index >= 15 is 0 Å². The highest BCUT2D eigenvalue weighted by molar-refractivity contribution is 9.10. The number of esters is 1. The topological polar surface area (TPSA) is 55.6 Å². The fourth-order valence-electron chi connectivity index (χ4n) is 1.35. The molecule has 0 fully saturated rings. The number of nitrogens with zero attached hydrogens (tertiary/aromatic N) is 1. The van der Waals surface area contributed by atoms with Crippen LogP contribution in [0.4, 0.5) is 11.4 Å². The number of halogens is 1. The van der Waals surface area contributed by atoms with Gasteiger partial charge in [-0.1, -0.05) is 15.9 Å². The second kappa shape index (κ2) is 5.75. The molecule has 0 unspecified atom stereocenters. The number of rotatable bonds is 4. The SMILES string of the molecule is COC(=O)CCN(C)c1ccc(Br)cc1N. The third-order valence-corrected chi connectivity index (χ3v) is 2.77. The van der Waals surface area contributed by atoms with E-state index in [1.54, 1.807) is 0 Å². The van der Waals surface area contributed by atoms with Crippen molar-refractivity contribution in [2.45, 2.75) is 6.42 Å². The van der Waals surface area contributed by atoms with Gasteiger partial charge in [0.05, 0.1) is 24.9 Å². The fraction of sp³-hybridized carbons (Fsp3) is 0.364. The van der Waals surface area contributed by atoms with Crippen molar-refractivity contribution < 1.29 is 9.53 Å². The number of benzene rings is 1. The fourth-order valence-corrected chi connectivity index (χ4v) is 1.73. The lowest BCUT2D eigenvalue weighted by molar-refractivity contribution is -0.140. The first-order valence-corrected chi connectivity index (χ1v) is 5.67. The van der Waals surface area contributed by atoms with E-state index in [-0.39, 0.29) is 5.97 Å². The largest absolute Gasteiger partial charge is 0.469 e. The lowest BCUT2D eigenvalue weighted by atomic mass is 10.2. The van der Waals surface area contributed by atoms with Gasteiger partial charge in [0.1, 0.15) is 0 Å². The van der Waals surface area contributed by atoms with Gasteiger partial charge in [-0.05, 0) is 18.2 Å². The molecule has 0 aliphatic rings. The van der Waals surface area contributed by atoms with E-state index in [0.29, 0.717) is 18.7 Å². The number of nitrogens with two attached hydrogens (primary N) is 1. The molecule has 0 aliphatic carbocycles. The highest BCUT2D eigenvalue weighted by Gasteiger charge is 2.08. The van der Waals surface area contributed by atoms with E-state index < -0.39 is 0 Å². The highest BCUT2D eigenvalue weighted by atomic mass is 79.9. The van der Waals surface area contributed by atoms with Crippen LogP contribution in [0.5, 0.6) is 0 Å². The van der Waals surface area contributed by atoms with Crippen LogP contribution in [-0.2, 0) is 9.53 Å². The Morgan fingerprint density at radius 1 is 1.56 bits per heavy atom. The third-order valence-electron chi connectivity index (χ3n) is 2.28. The molecular formula is C11H15BrN2O2. The maximum atomic E-state index is 11.0. The Bertz CT molecular complexity index is 382. The number of hydrogen-bond acceptors (Lipinski definition) is 4. The van der Waals surface area contributed by atoms with Gasteiger partial charge in [0.25, 0.3) is 0 Å². The molecule has 0 heterocycles. The van der Waals surface area contributed by atoms with E-state index in [2.05, 4.69) is 20.7 Å². The molecule has 1 aromatic carbocycles. The summed E-state index contributed by atoms with van der Waals surface area (Å²) < 4.78 is 5.52. The third kappa shape index (κ3) is 3.41. The summed E-state index contributed by atoms with van der Waals surface area (Å²) in [5, 5.41) is 0. The van der Waals surface area contributed by atoms with Gasteiger partial charge in [-0.25, -0.2) is 0 Å². The zero-order chi connectivity index (χ0) is 12.1. The second-order valence-electron chi connectivity index (χ2n) is 3.45. The summed E-state index contributed by atoms with van der Waals surface area (Å²) in [4.78, 5) is 12.9. The molecule has 1 rings (SSSR count). The summed E-state index contributed by atoms with van der Waals surface area (Å²) in [5.74, 6) is -0.220. The van der Waals surface area contributed by atoms with Crippen LogP contribution in [-0.4, -0.2) is 26.7 Å². The Hall–Kier alpha value is -1.23. The Balaban J connectivity index is 2.65. The van der Waals surface area contributed by atoms with Crippen LogP contribution in [0.25, 0.3) is 0 Å². The Morgan fingerprint density at radius 3 is 2.81 bits per heavy atom. The number of ether oxygens (including phenoxy) is 1. The predicted octanol–water partition coefficient (Wildman–Crippen LogP) is 2.03. The number of methoxy groups -OCH3 is 1. The maximum absolute atomic E-state index is 11.0. The van der Waals surface area contributed by atoms with Crippen LogP contribution in [0, 0.1) is 0 Å². The molecule has 0 radical (unpaired) electrons. The standard InChI is InChI=1S/C11H15BrN2O2/c1-14(6-5-11(15)16-2)10-4-3-8(12)7-9(10)13/h3-4,7H,5-6,13H2,1-2H3. The molecule has 0 aromatic heterocycles. The maximum Gasteiger partial charge on any atom is 0.307 e. The van der Waals surface area contributed by atoms with Gasteiger partial charge in [-0.15, -0.1) is 0 Å². The summed E-state index contributed by atoms with van der Waals surface area (Å²) in [6, 6.07) is 5.67. The van der Waals surface area contributed by atoms with E-state index in [0.717, 1.165) is 10.2 Å². The van der Waals surface area contributed by atoms with Gasteiger partial charge < -0.3 is 15.4 Å². The number of hydrogen-bond donors (Lipinski definition) is 1. The first-order chi connectivity index (χ1) is 7.54. The average molecular weight is 287 g/mol. The lowest BCUT2D eigenvalue weighted by Gasteiger charge is -2.20. The average Bonchev–Trinajstić information content (AvgIpc) is 2.25. The van der Waals surface area contributed by atoms with Crippen LogP contribution < -0.4 is 10.6 Å². The minimum atomic E-state index is -0.220. The minimum absolute atomic E-state index is 0.220. The van der Waals surface area contributed by atoms with Gasteiger partial charge in [0.15, 0.2) is 0 Å². The Morgan fingerprint density at radius 2 is 2.25 bits per heavy atom. The molecule has 16 heavy (non-hydrogen) atoms. The molecule has 2 N–H and O–H groups in total. The van der Waals surface area contributed by atoms with E-state index in [1.165, 1.54) is 7.11 Å². The summed E-state index contributed by atoms with van der Waals surface area (Å²) in [6.07, 6.45) is 0.350. The highest BCUT2D eigenvalue weighted by Crippen LogP contribution is 2.25. The van der Waals surface area contributed by atoms with Crippen LogP contribution in [0.15, 0.2) is 22.7 Å². The second-order valence-corrected chi connectivity index (χ2v) is 4.37. The van der Waals surface area contributed by atoms with Crippen molar-refractivity contribution in [3.63, 3.8) is 0 Å². The van der Waals surface area contributed by atoms with E-state index in [4.69, 9.17) is 5.73 Å². The van der Waals surface area contributed by atoms with Crippen LogP contribution in [0.1, 0.15) is 6.42 Å². The molecule has 0 aliphatic heterocycles. The molecule has 0 spiro atoms. The van der Waals surface area contributed by atoms with Crippen LogP contribution in [0.2, 0.25) is 0 Å². The lowest BCUT2D eigenvalue weighted by Crippen LogP contribution is -2.22. The molecule has 4 nitrogen and oxygen atoms in total. The number of carbonyl (C=O) groups excluding carboxylic acids is 1. The number of anilines is 2. The van der Waals surface area contributed by atoms with Crippen molar-refractivity contribution in [2.75, 3.05) is 31.3 Å². The van der Waals surface area contributed by atoms with Gasteiger partial charge in [-0.3, -0.25) is 4.79 Å². The minimum Gasteiger partial charge on any atom is -0.469 e. The van der Waals surface area contributed by atoms with Gasteiger partial charge in [0, 0.05) is 18.1 Å². The summed E-state index contributed by atoms with van der Waals surface area (Å²) in [6.45, 7) is 0.582. The summed E-state index contributed by atoms with van der Waals surface area (Å²) in [5.41, 5.74) is 7.46. The van der Waals surface area contributed by atoms with E-state index in [1.807, 2.05) is 30.1 Å². The van der Waals surface area contributed by atoms with Gasteiger partial charge >= 0.3 is 5.97 Å². The molecule has 0 amide bonds. The Kier molecular flexibility index (Phi) is 4.61. The van der Waals surface area contributed by atoms with Crippen molar-refractivity contribution in [1.82, 2.24) is 0 Å². The first-order valence-electron chi connectivity index (χ1n) is 4.87. The molecule has 1 aromatic rings. The summed E-state index contributed by atoms with van der Waals surface area (Å²) >= 11 is 3.35. The molecule has 0 saturated heterocycles. The van der Waals surface area contributed by atoms with Gasteiger partial charge in [0.2, 0.25) is 0 Å². The molecule has 88 valence electrons. The van der Waals surface area contributed by atoms with Crippen LogP contribution >= 0.6 is 15.9 Å². The van der Waals surface area contributed by atoms with E-state index in [9.17, 15) is 4.79 Å². The van der Waals surface area contributed by atoms with Crippen molar-refractivity contribution in [2.24, 2.45) is 0 Å². The number of nitrogen functional groups attached to an aromatic ring is 1. The predicted molar refractivity (Wildman–Crippen MR) is 68.5 cm³/mol. The normalized spacial score (nSPS) is 9.94. The molecule has 0 atom stereocenters. The van der Waals surface area contributed by atoms with Crippen molar-refractivity contribution in [3.8, 4) is 0 Å². The number of carbonyl (C=O) groups is 1. The smallest absolute Gasteiger partial charge is 0.307 e. The first kappa shape index (κ1) is 12.8. The van der Waals surface area contributed by atoms with Crippen molar-refractivity contribution in [1.29, 1.82) is 0 Å². The summed E-state index contributed by atoms with van der Waals surface area (Å²) in [7, 11) is 3.28. The zero-order valence-corrected chi connectivity index (χ0v) is 11.0. The quantitative estimate of drug-likeness (QED) is 0.680. The van der Waals surface area contributed by atoms with Crippen molar-refractivity contribution >= 4 is 33.3 Å². The Labute approximate surface area is 103 Å². The molecule has 0 saturated carbocycles. The van der Waals surface area contributed by atoms with Crippen molar-refractivity contribution in [3.05, 3.63) is 22.7 Å². The van der Waals surface area contributed by atoms with Crippen LogP contribution in [0.3, 0.4) is 0 Å². The molecular weight excluding hydrogens is 272 g/mol. The molecule has 0 bridgehead atoms. The van der Waals surface area contributed by atoms with Gasteiger partial charge in [-0.2, -0.15) is 0 Å². The molecule has 5 heteroatoms. The zero-order valence-electron chi connectivity index (χ0n) is 9.37. The monoisotopic (exact) mass is 286 g/mol.